The standard InChI is InChI=1S/C61H49BN2O2S/c1-59(2,3)34-24-27-36(28-25-34)63-46-21-15-23-51-54(46)62(58-56(66-51)42-30-35(60(4,5)6)26-29-52(42)67-58)55-48(63)33-49(57-53(55)39-18-11-14-22-50(39)65-57)64-45-20-13-10-17-38(45)41-31-44-40(32-47(41)64)37-16-9-12-19-43(37)61(44,7)8/h9-33H,1-8H3. The number of hydrogen-bond acceptors (Lipinski definition) is 4. The van der Waals surface area contributed by atoms with E-state index in [0.717, 1.165) is 61.7 Å². The fourth-order valence-electron chi connectivity index (χ4n) is 12.0. The summed E-state index contributed by atoms with van der Waals surface area (Å²) in [4.78, 5) is 2.51. The maximum absolute atomic E-state index is 7.31. The number of benzene rings is 8. The smallest absolute Gasteiger partial charge is 0.269 e. The Labute approximate surface area is 395 Å². The lowest BCUT2D eigenvalue weighted by Gasteiger charge is -2.40. The van der Waals surface area contributed by atoms with Crippen molar-refractivity contribution in [3.63, 3.8) is 0 Å². The lowest BCUT2D eigenvalue weighted by atomic mass is 9.36. The minimum Gasteiger partial charge on any atom is -0.457 e. The normalized spacial score (nSPS) is 14.7. The first-order chi connectivity index (χ1) is 32.3. The lowest BCUT2D eigenvalue weighted by molar-refractivity contribution is 0.494. The molecular weight excluding hydrogens is 836 g/mol. The lowest BCUT2D eigenvalue weighted by Crippen LogP contribution is -2.58. The van der Waals surface area contributed by atoms with Gasteiger partial charge in [0.2, 0.25) is 0 Å². The Balaban J connectivity index is 1.14. The highest BCUT2D eigenvalue weighted by molar-refractivity contribution is 7.33. The first-order valence-corrected chi connectivity index (χ1v) is 24.5. The predicted molar refractivity (Wildman–Crippen MR) is 284 cm³/mol. The number of nitrogens with zero attached hydrogens (tertiary/aromatic N) is 2. The molecule has 324 valence electrons. The van der Waals surface area contributed by atoms with Gasteiger partial charge in [0.25, 0.3) is 6.71 Å². The molecule has 0 saturated carbocycles. The third kappa shape index (κ3) is 5.25. The second kappa shape index (κ2) is 13.1. The summed E-state index contributed by atoms with van der Waals surface area (Å²) in [6.07, 6.45) is 0. The van der Waals surface area contributed by atoms with E-state index in [-0.39, 0.29) is 23.0 Å². The Kier molecular flexibility index (Phi) is 7.67. The highest BCUT2D eigenvalue weighted by Gasteiger charge is 2.46. The second-order valence-electron chi connectivity index (χ2n) is 21.7. The molecule has 0 radical (unpaired) electrons. The molecular formula is C61H49BN2O2S. The second-order valence-corrected chi connectivity index (χ2v) is 22.8. The van der Waals surface area contributed by atoms with Crippen molar-refractivity contribution in [3.8, 4) is 28.3 Å². The zero-order chi connectivity index (χ0) is 45.5. The SMILES string of the molecule is CC(C)(C)c1ccc(N2c3cccc4c3B(c3sc5ccc(C(C)(C)C)cc5c3O4)c3c2cc(-n2c4ccccc4c4cc5c(cc42)-c2ccccc2C5(C)C)c2oc4ccccc4c32)cc1. The van der Waals surface area contributed by atoms with Crippen LogP contribution in [0.15, 0.2) is 156 Å². The largest absolute Gasteiger partial charge is 0.457 e. The molecule has 3 aliphatic rings. The molecule has 14 rings (SSSR count). The molecule has 0 atom stereocenters. The van der Waals surface area contributed by atoms with Gasteiger partial charge in [0.1, 0.15) is 17.1 Å². The van der Waals surface area contributed by atoms with Gasteiger partial charge in [0, 0.05) is 58.9 Å². The van der Waals surface area contributed by atoms with E-state index in [4.69, 9.17) is 9.15 Å². The van der Waals surface area contributed by atoms with Crippen LogP contribution in [-0.4, -0.2) is 11.3 Å². The molecule has 0 amide bonds. The van der Waals surface area contributed by atoms with Crippen LogP contribution in [0.3, 0.4) is 0 Å². The van der Waals surface area contributed by atoms with Crippen molar-refractivity contribution in [2.45, 2.75) is 71.6 Å². The number of hydrogen-bond donors (Lipinski definition) is 0. The van der Waals surface area contributed by atoms with E-state index in [9.17, 15) is 0 Å². The maximum Gasteiger partial charge on any atom is 0.269 e. The van der Waals surface area contributed by atoms with Crippen LogP contribution in [0.1, 0.15) is 77.6 Å². The summed E-state index contributed by atoms with van der Waals surface area (Å²) in [6, 6.07) is 56.8. The molecule has 0 bridgehead atoms. The van der Waals surface area contributed by atoms with Gasteiger partial charge in [0.05, 0.1) is 16.7 Å². The average molecular weight is 885 g/mol. The zero-order valence-electron chi connectivity index (χ0n) is 39.1. The van der Waals surface area contributed by atoms with E-state index >= 15 is 0 Å². The Morgan fingerprint density at radius 2 is 1.28 bits per heavy atom. The number of thiophene rings is 1. The van der Waals surface area contributed by atoms with Crippen molar-refractivity contribution in [1.29, 1.82) is 0 Å². The van der Waals surface area contributed by atoms with E-state index in [1.807, 2.05) is 11.3 Å². The Morgan fingerprint density at radius 1 is 0.552 bits per heavy atom. The summed E-state index contributed by atoms with van der Waals surface area (Å²) in [6.45, 7) is 18.4. The maximum atomic E-state index is 7.31. The molecule has 11 aromatic rings. The van der Waals surface area contributed by atoms with Crippen molar-refractivity contribution in [2.24, 2.45) is 0 Å². The summed E-state index contributed by atoms with van der Waals surface area (Å²) in [5, 5.41) is 5.91. The molecule has 0 fully saturated rings. The van der Waals surface area contributed by atoms with Crippen LogP contribution in [-0.2, 0) is 16.2 Å². The highest BCUT2D eigenvalue weighted by atomic mass is 32.1. The summed E-state index contributed by atoms with van der Waals surface area (Å²) in [5.74, 6) is 1.88. The molecule has 0 spiro atoms. The number of rotatable bonds is 2. The van der Waals surface area contributed by atoms with Gasteiger partial charge in [-0.1, -0.05) is 140 Å². The Hall–Kier alpha value is -7.02. The van der Waals surface area contributed by atoms with E-state index in [1.165, 1.54) is 75.5 Å². The van der Waals surface area contributed by atoms with Crippen LogP contribution in [0.4, 0.5) is 17.1 Å². The number of anilines is 3. The van der Waals surface area contributed by atoms with Gasteiger partial charge in [0.15, 0.2) is 5.58 Å². The van der Waals surface area contributed by atoms with Crippen molar-refractivity contribution >= 4 is 105 Å². The number of para-hydroxylation sites is 2. The molecule has 1 aliphatic carbocycles. The average Bonchev–Trinajstić information content (AvgIpc) is 4.04. The van der Waals surface area contributed by atoms with Crippen molar-refractivity contribution in [1.82, 2.24) is 4.57 Å². The first kappa shape index (κ1) is 39.2. The summed E-state index contributed by atoms with van der Waals surface area (Å²) in [7, 11) is 0. The molecule has 5 heterocycles. The predicted octanol–water partition coefficient (Wildman–Crippen LogP) is 15.2. The zero-order valence-corrected chi connectivity index (χ0v) is 39.9. The van der Waals surface area contributed by atoms with E-state index < -0.39 is 0 Å². The number of aromatic nitrogens is 1. The molecule has 3 aromatic heterocycles. The molecule has 67 heavy (non-hydrogen) atoms. The molecule has 2 aliphatic heterocycles. The minimum atomic E-state index is -0.125. The highest BCUT2D eigenvalue weighted by Crippen LogP contribution is 2.53. The van der Waals surface area contributed by atoms with Gasteiger partial charge in [-0.05, 0) is 122 Å². The van der Waals surface area contributed by atoms with Gasteiger partial charge >= 0.3 is 0 Å². The Morgan fingerprint density at radius 3 is 2.09 bits per heavy atom. The van der Waals surface area contributed by atoms with Gasteiger partial charge in [-0.25, -0.2) is 0 Å². The summed E-state index contributed by atoms with van der Waals surface area (Å²) < 4.78 is 19.5. The van der Waals surface area contributed by atoms with Crippen molar-refractivity contribution < 1.29 is 9.15 Å². The molecule has 6 heteroatoms. The van der Waals surface area contributed by atoms with E-state index in [1.54, 1.807) is 0 Å². The summed E-state index contributed by atoms with van der Waals surface area (Å²) in [5.41, 5.74) is 18.8. The van der Waals surface area contributed by atoms with Gasteiger partial charge in [-0.3, -0.25) is 0 Å². The number of furan rings is 1. The van der Waals surface area contributed by atoms with Crippen LogP contribution in [0.25, 0.3) is 70.6 Å². The van der Waals surface area contributed by atoms with Crippen LogP contribution in [0.5, 0.6) is 11.5 Å². The third-order valence-electron chi connectivity index (χ3n) is 15.4. The monoisotopic (exact) mass is 884 g/mol. The van der Waals surface area contributed by atoms with Crippen LogP contribution >= 0.6 is 11.3 Å². The molecule has 4 nitrogen and oxygen atoms in total. The first-order valence-electron chi connectivity index (χ1n) is 23.7. The van der Waals surface area contributed by atoms with Crippen molar-refractivity contribution in [3.05, 3.63) is 174 Å². The van der Waals surface area contributed by atoms with Crippen LogP contribution in [0, 0.1) is 0 Å². The fourth-order valence-corrected chi connectivity index (χ4v) is 13.2. The van der Waals surface area contributed by atoms with Crippen LogP contribution in [0.2, 0.25) is 0 Å². The molecule has 0 saturated heterocycles. The topological polar surface area (TPSA) is 30.5 Å². The Bertz CT molecular complexity index is 3960. The van der Waals surface area contributed by atoms with Crippen LogP contribution < -0.4 is 25.3 Å². The molecule has 0 unspecified atom stereocenters. The van der Waals surface area contributed by atoms with E-state index in [0.29, 0.717) is 0 Å². The van der Waals surface area contributed by atoms with Crippen molar-refractivity contribution in [2.75, 3.05) is 4.90 Å². The van der Waals surface area contributed by atoms with E-state index in [2.05, 4.69) is 217 Å². The number of fused-ring (bicyclic) bond motifs is 16. The third-order valence-corrected chi connectivity index (χ3v) is 16.6. The fraction of sp³-hybridized carbons (Fsp3) is 0.180. The minimum absolute atomic E-state index is 0.00597. The quantitative estimate of drug-likeness (QED) is 0.162. The van der Waals surface area contributed by atoms with Gasteiger partial charge in [-0.15, -0.1) is 11.3 Å². The molecule has 8 aromatic carbocycles. The van der Waals surface area contributed by atoms with Gasteiger partial charge < -0.3 is 18.6 Å². The van der Waals surface area contributed by atoms with Gasteiger partial charge in [-0.2, -0.15) is 0 Å². The summed E-state index contributed by atoms with van der Waals surface area (Å²) >= 11 is 1.87. The number of ether oxygens (including phenoxy) is 1. The molecule has 0 N–H and O–H groups in total.